The molecular weight excluding hydrogens is 430 g/mol. The monoisotopic (exact) mass is 455 g/mol. The summed E-state index contributed by atoms with van der Waals surface area (Å²) in [6.45, 7) is 1.28. The quantitative estimate of drug-likeness (QED) is 0.617. The maximum absolute atomic E-state index is 13.1. The van der Waals surface area contributed by atoms with Gasteiger partial charge in [0.25, 0.3) is 5.56 Å². The molecule has 1 aromatic heterocycles. The zero-order valence-electron chi connectivity index (χ0n) is 18.1. The van der Waals surface area contributed by atoms with Gasteiger partial charge in [-0.2, -0.15) is 0 Å². The Balaban J connectivity index is 1.45. The zero-order chi connectivity index (χ0) is 22.4. The zero-order valence-corrected chi connectivity index (χ0v) is 18.9. The van der Waals surface area contributed by atoms with Gasteiger partial charge in [0.05, 0.1) is 30.1 Å². The molecule has 8 heteroatoms. The fraction of sp³-hybridized carbons (Fsp3) is 0.417. The molecule has 3 unspecified atom stereocenters. The third-order valence-electron chi connectivity index (χ3n) is 7.02. The minimum atomic E-state index is -0.427. The van der Waals surface area contributed by atoms with Gasteiger partial charge >= 0.3 is 5.69 Å². The second-order valence-corrected chi connectivity index (χ2v) is 8.98. The Bertz CT molecular complexity index is 1300. The molecule has 3 atom stereocenters. The molecule has 2 N–H and O–H groups in total. The van der Waals surface area contributed by atoms with Crippen molar-refractivity contribution in [1.82, 2.24) is 14.9 Å². The van der Waals surface area contributed by atoms with Crippen molar-refractivity contribution in [2.45, 2.75) is 37.8 Å². The number of ether oxygens (including phenoxy) is 2. The molecule has 5 rings (SSSR count). The van der Waals surface area contributed by atoms with Crippen LogP contribution in [0.2, 0.25) is 5.02 Å². The minimum absolute atomic E-state index is 0.188. The van der Waals surface area contributed by atoms with Crippen molar-refractivity contribution in [3.8, 4) is 11.5 Å². The first-order chi connectivity index (χ1) is 15.5. The average Bonchev–Trinajstić information content (AvgIpc) is 3.21. The fourth-order valence-electron chi connectivity index (χ4n) is 5.48. The number of nitrogens with zero attached hydrogens (tertiary/aromatic N) is 1. The van der Waals surface area contributed by atoms with Gasteiger partial charge in [0, 0.05) is 18.5 Å². The van der Waals surface area contributed by atoms with Crippen molar-refractivity contribution in [3.63, 3.8) is 0 Å². The number of aromatic amines is 1. The number of nitrogens with one attached hydrogen (secondary N) is 2. The summed E-state index contributed by atoms with van der Waals surface area (Å²) < 4.78 is 12.1. The van der Waals surface area contributed by atoms with E-state index >= 15 is 0 Å². The number of rotatable bonds is 5. The molecule has 0 radical (unpaired) electrons. The van der Waals surface area contributed by atoms with E-state index in [9.17, 15) is 9.59 Å². The lowest BCUT2D eigenvalue weighted by atomic mass is 9.73. The first-order valence-electron chi connectivity index (χ1n) is 10.9. The van der Waals surface area contributed by atoms with Crippen LogP contribution in [0.15, 0.2) is 39.9 Å². The second kappa shape index (κ2) is 8.30. The number of halogens is 1. The van der Waals surface area contributed by atoms with Crippen LogP contribution in [0.3, 0.4) is 0 Å². The van der Waals surface area contributed by atoms with Crippen LogP contribution in [0.25, 0.3) is 10.9 Å². The summed E-state index contributed by atoms with van der Waals surface area (Å²) in [7, 11) is 3.21. The highest BCUT2D eigenvalue weighted by Gasteiger charge is 2.40. The lowest BCUT2D eigenvalue weighted by Crippen LogP contribution is -2.38. The molecule has 0 spiro atoms. The van der Waals surface area contributed by atoms with Gasteiger partial charge in [-0.1, -0.05) is 23.7 Å². The van der Waals surface area contributed by atoms with Crippen molar-refractivity contribution < 1.29 is 9.47 Å². The summed E-state index contributed by atoms with van der Waals surface area (Å²) in [6.07, 6.45) is 2.80. The molecule has 7 nitrogen and oxygen atoms in total. The van der Waals surface area contributed by atoms with Crippen molar-refractivity contribution >= 4 is 22.5 Å². The Hall–Kier alpha value is -2.77. The van der Waals surface area contributed by atoms with E-state index in [0.29, 0.717) is 46.5 Å². The van der Waals surface area contributed by atoms with E-state index < -0.39 is 5.69 Å². The van der Waals surface area contributed by atoms with Crippen LogP contribution in [-0.4, -0.2) is 36.4 Å². The molecule has 0 amide bonds. The minimum Gasteiger partial charge on any atom is -0.496 e. The molecule has 1 saturated heterocycles. The van der Waals surface area contributed by atoms with E-state index in [1.54, 1.807) is 19.2 Å². The molecule has 168 valence electrons. The van der Waals surface area contributed by atoms with Gasteiger partial charge in [0.15, 0.2) is 0 Å². The van der Waals surface area contributed by atoms with Gasteiger partial charge in [-0.15, -0.1) is 0 Å². The molecule has 1 fully saturated rings. The Morgan fingerprint density at radius 1 is 1.16 bits per heavy atom. The summed E-state index contributed by atoms with van der Waals surface area (Å²) >= 11 is 6.15. The van der Waals surface area contributed by atoms with Gasteiger partial charge in [0.2, 0.25) is 0 Å². The van der Waals surface area contributed by atoms with Crippen LogP contribution < -0.4 is 26.0 Å². The molecule has 3 aromatic rings. The van der Waals surface area contributed by atoms with E-state index in [4.69, 9.17) is 21.1 Å². The predicted octanol–water partition coefficient (Wildman–Crippen LogP) is 3.07. The topological polar surface area (TPSA) is 85.3 Å². The van der Waals surface area contributed by atoms with Crippen LogP contribution in [-0.2, 0) is 13.0 Å². The van der Waals surface area contributed by atoms with E-state index in [0.717, 1.165) is 25.1 Å². The summed E-state index contributed by atoms with van der Waals surface area (Å²) in [5.41, 5.74) is 2.27. The van der Waals surface area contributed by atoms with Crippen molar-refractivity contribution in [1.29, 1.82) is 0 Å². The standard InChI is InChI=1S/C24H26ClN3O4/c1-31-20-5-3-4-15-14(20)7-6-13-12-26-18(22(13)15)8-9-28-23(29)16-10-21(32-2)17(25)11-19(16)27-24(28)30/h3-5,10-11,13,18,22,26H,6-9,12H2,1-2H3,(H,27,30). The highest BCUT2D eigenvalue weighted by Crippen LogP contribution is 2.45. The second-order valence-electron chi connectivity index (χ2n) is 8.58. The molecule has 32 heavy (non-hydrogen) atoms. The Labute approximate surface area is 190 Å². The average molecular weight is 456 g/mol. The van der Waals surface area contributed by atoms with Crippen molar-refractivity contribution in [2.75, 3.05) is 20.8 Å². The van der Waals surface area contributed by atoms with E-state index in [1.165, 1.54) is 22.8 Å². The summed E-state index contributed by atoms with van der Waals surface area (Å²) in [5, 5.41) is 4.38. The SMILES string of the molecule is COc1cc2c(=O)n(CCC3NCC4CCc5c(OC)cccc5C43)c(=O)[nH]c2cc1Cl. The number of fused-ring (bicyclic) bond motifs is 4. The smallest absolute Gasteiger partial charge is 0.328 e. The molecule has 2 heterocycles. The highest BCUT2D eigenvalue weighted by atomic mass is 35.5. The largest absolute Gasteiger partial charge is 0.496 e. The third kappa shape index (κ3) is 3.40. The molecule has 1 aliphatic carbocycles. The van der Waals surface area contributed by atoms with Crippen molar-refractivity contribution in [2.24, 2.45) is 5.92 Å². The van der Waals surface area contributed by atoms with E-state index in [-0.39, 0.29) is 11.6 Å². The summed E-state index contributed by atoms with van der Waals surface area (Å²) in [6, 6.07) is 9.59. The summed E-state index contributed by atoms with van der Waals surface area (Å²) in [4.78, 5) is 28.6. The van der Waals surface area contributed by atoms with Crippen LogP contribution in [0, 0.1) is 5.92 Å². The molecular formula is C24H26ClN3O4. The lowest BCUT2D eigenvalue weighted by Gasteiger charge is -2.32. The molecule has 2 aliphatic rings. The Kier molecular flexibility index (Phi) is 5.47. The molecule has 0 saturated carbocycles. The number of aromatic nitrogens is 2. The third-order valence-corrected chi connectivity index (χ3v) is 7.31. The maximum atomic E-state index is 13.1. The highest BCUT2D eigenvalue weighted by molar-refractivity contribution is 6.32. The number of methoxy groups -OCH3 is 2. The number of hydrogen-bond donors (Lipinski definition) is 2. The van der Waals surface area contributed by atoms with Gasteiger partial charge < -0.3 is 19.8 Å². The molecule has 2 aromatic carbocycles. The lowest BCUT2D eigenvalue weighted by molar-refractivity contribution is 0.371. The fourth-order valence-corrected chi connectivity index (χ4v) is 5.73. The van der Waals surface area contributed by atoms with Gasteiger partial charge in [0.1, 0.15) is 11.5 Å². The van der Waals surface area contributed by atoms with Crippen molar-refractivity contribution in [3.05, 3.63) is 67.3 Å². The number of H-pyrrole nitrogens is 1. The number of benzene rings is 2. The van der Waals surface area contributed by atoms with Crippen LogP contribution in [0.5, 0.6) is 11.5 Å². The normalized spacial score (nSPS) is 21.9. The Morgan fingerprint density at radius 3 is 2.75 bits per heavy atom. The van der Waals surface area contributed by atoms with Gasteiger partial charge in [-0.25, -0.2) is 4.79 Å². The Morgan fingerprint density at radius 2 is 1.97 bits per heavy atom. The van der Waals surface area contributed by atoms with Crippen LogP contribution in [0.1, 0.15) is 29.9 Å². The number of hydrogen-bond acceptors (Lipinski definition) is 5. The van der Waals surface area contributed by atoms with Gasteiger partial charge in [-0.05, 0) is 61.1 Å². The van der Waals surface area contributed by atoms with E-state index in [1.807, 2.05) is 12.1 Å². The first kappa shape index (κ1) is 21.1. The maximum Gasteiger partial charge on any atom is 0.328 e. The predicted molar refractivity (Wildman–Crippen MR) is 124 cm³/mol. The first-order valence-corrected chi connectivity index (χ1v) is 11.3. The van der Waals surface area contributed by atoms with Crippen LogP contribution in [0.4, 0.5) is 0 Å². The van der Waals surface area contributed by atoms with Gasteiger partial charge in [-0.3, -0.25) is 9.36 Å². The summed E-state index contributed by atoms with van der Waals surface area (Å²) in [5.74, 6) is 2.25. The molecule has 0 bridgehead atoms. The van der Waals surface area contributed by atoms with E-state index in [2.05, 4.69) is 16.4 Å². The molecule has 1 aliphatic heterocycles. The van der Waals surface area contributed by atoms with Crippen LogP contribution >= 0.6 is 11.6 Å².